The number of hydrogen-bond donors (Lipinski definition) is 2. The van der Waals surface area contributed by atoms with Crippen molar-refractivity contribution in [3.8, 4) is 23.0 Å². The number of phenolic OH excluding ortho intramolecular Hbond substituents is 2. The van der Waals surface area contributed by atoms with E-state index in [9.17, 15) is 10.2 Å². The van der Waals surface area contributed by atoms with E-state index in [1.54, 1.807) is 26.4 Å². The van der Waals surface area contributed by atoms with Crippen LogP contribution in [0.1, 0.15) is 35.1 Å². The minimum atomic E-state index is -1.80. The second-order valence-electron chi connectivity index (χ2n) is 15.8. The normalized spacial score (nSPS) is 12.7. The molecule has 0 amide bonds. The van der Waals surface area contributed by atoms with Crippen molar-refractivity contribution in [3.63, 3.8) is 0 Å². The Balaban J connectivity index is 1.40. The fraction of sp³-hybridized carbons (Fsp3) is 0.526. The molecule has 0 heterocycles. The van der Waals surface area contributed by atoms with E-state index in [1.165, 1.54) is 22.3 Å². The van der Waals surface area contributed by atoms with Crippen molar-refractivity contribution in [2.45, 2.75) is 115 Å². The van der Waals surface area contributed by atoms with Gasteiger partial charge in [-0.15, -0.1) is 0 Å². The van der Waals surface area contributed by atoms with Crippen LogP contribution in [0.25, 0.3) is 0 Å². The van der Waals surface area contributed by atoms with Gasteiger partial charge in [-0.25, -0.2) is 0 Å². The number of methoxy groups -OCH3 is 2. The summed E-state index contributed by atoms with van der Waals surface area (Å²) in [6.45, 7) is 19.0. The molecule has 0 saturated carbocycles. The molecule has 0 unspecified atom stereocenters. The average molecular weight is 727 g/mol. The molecule has 3 rings (SSSR count). The highest BCUT2D eigenvalue weighted by Crippen LogP contribution is 2.31. The van der Waals surface area contributed by atoms with Gasteiger partial charge in [-0.2, -0.15) is 0 Å². The first-order valence-corrected chi connectivity index (χ1v) is 30.1. The summed E-state index contributed by atoms with van der Waals surface area (Å²) in [5.74, 6) is 1.46. The van der Waals surface area contributed by atoms with Gasteiger partial charge >= 0.3 is 0 Å². The van der Waals surface area contributed by atoms with Gasteiger partial charge in [-0.05, 0) is 162 Å². The van der Waals surface area contributed by atoms with Gasteiger partial charge in [0.05, 0.1) is 14.2 Å². The van der Waals surface area contributed by atoms with E-state index in [2.05, 4.69) is 76.6 Å². The molecule has 3 aromatic rings. The lowest BCUT2D eigenvalue weighted by Gasteiger charge is -2.34. The number of rotatable bonds is 20. The Morgan fingerprint density at radius 3 is 1.08 bits per heavy atom. The lowest BCUT2D eigenvalue weighted by Crippen LogP contribution is -2.44. The molecular formula is C38H62O6Si4. The van der Waals surface area contributed by atoms with Crippen LogP contribution in [0, 0.1) is 0 Å². The predicted molar refractivity (Wildman–Crippen MR) is 211 cm³/mol. The predicted octanol–water partition coefficient (Wildman–Crippen LogP) is 10.3. The lowest BCUT2D eigenvalue weighted by atomic mass is 10.1. The fourth-order valence-corrected chi connectivity index (χ4v) is 24.1. The quantitative estimate of drug-likeness (QED) is 0.113. The third kappa shape index (κ3) is 13.9. The van der Waals surface area contributed by atoms with Crippen LogP contribution in [0.5, 0.6) is 23.0 Å². The van der Waals surface area contributed by atoms with E-state index in [0.29, 0.717) is 11.5 Å². The Morgan fingerprint density at radius 2 is 0.750 bits per heavy atom. The smallest absolute Gasteiger partial charge is 0.173 e. The second kappa shape index (κ2) is 17.5. The molecule has 266 valence electrons. The van der Waals surface area contributed by atoms with Crippen LogP contribution in [0.3, 0.4) is 0 Å². The highest BCUT2D eigenvalue weighted by molar-refractivity contribution is 6.85. The highest BCUT2D eigenvalue weighted by atomic mass is 28.4. The Labute approximate surface area is 295 Å². The number of aromatic hydroxyl groups is 2. The van der Waals surface area contributed by atoms with Gasteiger partial charge in [0, 0.05) is 0 Å². The van der Waals surface area contributed by atoms with Gasteiger partial charge in [0.25, 0.3) is 0 Å². The highest BCUT2D eigenvalue weighted by Gasteiger charge is 2.33. The molecule has 6 nitrogen and oxygen atoms in total. The van der Waals surface area contributed by atoms with Crippen LogP contribution in [-0.2, 0) is 33.9 Å². The zero-order valence-corrected chi connectivity index (χ0v) is 35.4. The summed E-state index contributed by atoms with van der Waals surface area (Å²) in [5, 5.41) is 19.7. The molecule has 48 heavy (non-hydrogen) atoms. The van der Waals surface area contributed by atoms with E-state index in [1.807, 2.05) is 24.3 Å². The van der Waals surface area contributed by atoms with E-state index in [0.717, 1.165) is 62.7 Å². The van der Waals surface area contributed by atoms with Crippen LogP contribution in [0.2, 0.25) is 76.6 Å². The summed E-state index contributed by atoms with van der Waals surface area (Å²) < 4.78 is 24.4. The first-order chi connectivity index (χ1) is 22.4. The number of hydrogen-bond acceptors (Lipinski definition) is 6. The Bertz CT molecular complexity index is 1330. The zero-order chi connectivity index (χ0) is 35.6. The lowest BCUT2D eigenvalue weighted by molar-refractivity contribution is 0.373. The van der Waals surface area contributed by atoms with Crippen LogP contribution in [0.15, 0.2) is 60.7 Å². The van der Waals surface area contributed by atoms with E-state index in [4.69, 9.17) is 17.7 Å². The average Bonchev–Trinajstić information content (AvgIpc) is 3.00. The molecule has 0 aliphatic rings. The van der Waals surface area contributed by atoms with Crippen LogP contribution >= 0.6 is 0 Å². The van der Waals surface area contributed by atoms with Gasteiger partial charge in [-0.1, -0.05) is 36.4 Å². The molecule has 0 atom stereocenters. The number of phenols is 2. The maximum absolute atomic E-state index is 9.87. The molecule has 3 aromatic carbocycles. The van der Waals surface area contributed by atoms with E-state index in [-0.39, 0.29) is 11.5 Å². The summed E-state index contributed by atoms with van der Waals surface area (Å²) in [6.07, 6.45) is 6.24. The van der Waals surface area contributed by atoms with Crippen LogP contribution < -0.4 is 9.47 Å². The third-order valence-electron chi connectivity index (χ3n) is 9.14. The standard InChI is InChI=1S/C38H62O6Si4/c1-41-37-29-33(19-21-35(37)39)13-11-25-45(3,4)43-47(7,8)27-23-31-15-17-32(18-16-31)24-28-48(9,10)44-46(5,6)26-12-14-34-20-22-36(40)38(30-34)42-2/h15-22,29-30,39-40H,11-14,23-28H2,1-10H3. The molecule has 0 aliphatic heterocycles. The SMILES string of the molecule is COc1cc(CCC[Si](C)(C)O[Si](C)(C)CCc2ccc(CC[Si](C)(C)O[Si](C)(C)CCCc3ccc(O)c(OC)c3)cc2)ccc1O. The Morgan fingerprint density at radius 1 is 0.438 bits per heavy atom. The fourth-order valence-electron chi connectivity index (χ4n) is 6.65. The number of aryl methyl sites for hydroxylation is 4. The minimum Gasteiger partial charge on any atom is -0.504 e. The van der Waals surface area contributed by atoms with Crippen molar-refractivity contribution in [1.82, 2.24) is 0 Å². The monoisotopic (exact) mass is 726 g/mol. The molecular weight excluding hydrogens is 665 g/mol. The third-order valence-corrected chi connectivity index (χ3v) is 24.0. The summed E-state index contributed by atoms with van der Waals surface area (Å²) in [7, 11) is -3.98. The number of ether oxygens (including phenoxy) is 2. The van der Waals surface area contributed by atoms with Gasteiger partial charge in [0.15, 0.2) is 56.3 Å². The van der Waals surface area contributed by atoms with Crippen LogP contribution in [-0.4, -0.2) is 57.7 Å². The summed E-state index contributed by atoms with van der Waals surface area (Å²) in [5.41, 5.74) is 5.18. The molecule has 0 aliphatic carbocycles. The molecule has 0 spiro atoms. The minimum absolute atomic E-state index is 0.191. The van der Waals surface area contributed by atoms with Crippen molar-refractivity contribution in [2.75, 3.05) is 14.2 Å². The van der Waals surface area contributed by atoms with Gasteiger partial charge in [0.2, 0.25) is 0 Å². The number of benzene rings is 3. The molecule has 0 fully saturated rings. The maximum Gasteiger partial charge on any atom is 0.173 e. The van der Waals surface area contributed by atoms with Gasteiger partial charge < -0.3 is 27.9 Å². The Hall–Kier alpha value is -2.35. The largest absolute Gasteiger partial charge is 0.504 e. The van der Waals surface area contributed by atoms with Crippen LogP contribution in [0.4, 0.5) is 0 Å². The van der Waals surface area contributed by atoms with Gasteiger partial charge in [-0.3, -0.25) is 0 Å². The first kappa shape index (κ1) is 40.1. The van der Waals surface area contributed by atoms with Crippen molar-refractivity contribution in [1.29, 1.82) is 0 Å². The van der Waals surface area contributed by atoms with Crippen molar-refractivity contribution in [2.24, 2.45) is 0 Å². The second-order valence-corrected chi connectivity index (χ2v) is 33.5. The summed E-state index contributed by atoms with van der Waals surface area (Å²) in [6, 6.07) is 25.1. The van der Waals surface area contributed by atoms with E-state index >= 15 is 0 Å². The zero-order valence-electron chi connectivity index (χ0n) is 31.4. The maximum atomic E-state index is 9.87. The molecule has 2 N–H and O–H groups in total. The Kier molecular flexibility index (Phi) is 14.6. The topological polar surface area (TPSA) is 77.4 Å². The molecule has 0 saturated heterocycles. The molecule has 0 aromatic heterocycles. The van der Waals surface area contributed by atoms with Crippen molar-refractivity contribution in [3.05, 3.63) is 82.9 Å². The van der Waals surface area contributed by atoms with Gasteiger partial charge in [0.1, 0.15) is 0 Å². The molecule has 0 bridgehead atoms. The molecule has 10 heteroatoms. The first-order valence-electron chi connectivity index (χ1n) is 17.6. The summed E-state index contributed by atoms with van der Waals surface area (Å²) in [4.78, 5) is 0. The van der Waals surface area contributed by atoms with Crippen molar-refractivity contribution >= 4 is 33.3 Å². The van der Waals surface area contributed by atoms with Crippen molar-refractivity contribution < 1.29 is 27.9 Å². The summed E-state index contributed by atoms with van der Waals surface area (Å²) >= 11 is 0. The van der Waals surface area contributed by atoms with E-state index < -0.39 is 33.3 Å². The molecule has 0 radical (unpaired) electrons.